The Morgan fingerprint density at radius 1 is 1.04 bits per heavy atom. The number of carbonyl (C=O) groups excluding carboxylic acids is 1. The number of hydrogen-bond donors (Lipinski definition) is 0. The van der Waals surface area contributed by atoms with Crippen LogP contribution in [-0.4, -0.2) is 27.3 Å². The number of Topliss-reactive ketones (excluding diaryl/α,β-unsaturated/α-hetero) is 1. The van der Waals surface area contributed by atoms with Gasteiger partial charge in [0.05, 0.1) is 11.1 Å². The quantitative estimate of drug-likeness (QED) is 0.370. The maximum absolute atomic E-state index is 12.7. The van der Waals surface area contributed by atoms with Gasteiger partial charge in [0.2, 0.25) is 0 Å². The van der Waals surface area contributed by atoms with Crippen LogP contribution < -0.4 is 0 Å². The summed E-state index contributed by atoms with van der Waals surface area (Å²) in [5, 5.41) is 0. The van der Waals surface area contributed by atoms with Crippen molar-refractivity contribution in [2.45, 2.75) is 85.4 Å². The van der Waals surface area contributed by atoms with Gasteiger partial charge in [0.1, 0.15) is 5.76 Å². The van der Waals surface area contributed by atoms with Gasteiger partial charge < -0.3 is 9.16 Å². The number of ketones is 1. The molecule has 0 saturated carbocycles. The van der Waals surface area contributed by atoms with Gasteiger partial charge in [-0.1, -0.05) is 62.3 Å². The van der Waals surface area contributed by atoms with E-state index in [1.165, 1.54) is 0 Å². The van der Waals surface area contributed by atoms with Gasteiger partial charge in [0.15, 0.2) is 14.1 Å². The van der Waals surface area contributed by atoms with Gasteiger partial charge in [0.25, 0.3) is 0 Å². The van der Waals surface area contributed by atoms with Crippen LogP contribution in [-0.2, 0) is 14.0 Å². The Morgan fingerprint density at radius 3 is 1.96 bits per heavy atom. The van der Waals surface area contributed by atoms with E-state index in [2.05, 4.69) is 71.3 Å². The van der Waals surface area contributed by atoms with Crippen molar-refractivity contribution in [2.75, 3.05) is 13.2 Å². The molecule has 0 aliphatic heterocycles. The molecule has 5 heteroatoms. The third kappa shape index (κ3) is 5.23. The topological polar surface area (TPSA) is 35.5 Å². The molecule has 0 unspecified atom stereocenters. The number of hydrogen-bond acceptors (Lipinski definition) is 3. The van der Waals surface area contributed by atoms with E-state index in [0.29, 0.717) is 40.2 Å². The molecule has 0 aromatic rings. The lowest BCUT2D eigenvalue weighted by Gasteiger charge is -2.43. The SMILES string of the molecule is CC(C)COC1=C(Br)C(=O)[C@@H](C)[C@H](CO[Si](C(C)C)(C(C)C)C(C)C)C1. The van der Waals surface area contributed by atoms with Crippen LogP contribution >= 0.6 is 15.9 Å². The summed E-state index contributed by atoms with van der Waals surface area (Å²) in [6.07, 6.45) is 0.777. The summed E-state index contributed by atoms with van der Waals surface area (Å²) in [5.74, 6) is 1.55. The zero-order valence-corrected chi connectivity index (χ0v) is 20.8. The van der Waals surface area contributed by atoms with E-state index in [1.54, 1.807) is 0 Å². The number of rotatable bonds is 9. The second-order valence-electron chi connectivity index (χ2n) is 9.19. The molecular weight excluding hydrogens is 408 g/mol. The van der Waals surface area contributed by atoms with Crippen molar-refractivity contribution in [3.05, 3.63) is 10.2 Å². The molecule has 0 saturated heterocycles. The maximum Gasteiger partial charge on any atom is 0.200 e. The van der Waals surface area contributed by atoms with E-state index in [1.807, 2.05) is 6.92 Å². The highest BCUT2D eigenvalue weighted by molar-refractivity contribution is 9.12. The molecule has 0 aromatic carbocycles. The third-order valence-corrected chi connectivity index (χ3v) is 12.8. The zero-order chi connectivity index (χ0) is 20.2. The summed E-state index contributed by atoms with van der Waals surface area (Å²) >= 11 is 3.47. The molecule has 0 heterocycles. The predicted octanol–water partition coefficient (Wildman–Crippen LogP) is 6.68. The van der Waals surface area contributed by atoms with Gasteiger partial charge in [0, 0.05) is 18.9 Å². The molecule has 3 nitrogen and oxygen atoms in total. The van der Waals surface area contributed by atoms with E-state index in [0.717, 1.165) is 12.2 Å². The third-order valence-electron chi connectivity index (χ3n) is 5.87. The van der Waals surface area contributed by atoms with Crippen LogP contribution in [0.1, 0.15) is 68.7 Å². The molecule has 152 valence electrons. The molecule has 26 heavy (non-hydrogen) atoms. The van der Waals surface area contributed by atoms with Crippen molar-refractivity contribution >= 4 is 30.0 Å². The number of carbonyl (C=O) groups is 1. The fourth-order valence-corrected chi connectivity index (χ4v) is 10.5. The van der Waals surface area contributed by atoms with Crippen molar-refractivity contribution in [1.82, 2.24) is 0 Å². The van der Waals surface area contributed by atoms with E-state index < -0.39 is 8.32 Å². The summed E-state index contributed by atoms with van der Waals surface area (Å²) in [6, 6.07) is 0. The first-order valence-electron chi connectivity index (χ1n) is 10.1. The number of halogens is 1. The Bertz CT molecular complexity index is 490. The minimum Gasteiger partial charge on any atom is -0.496 e. The Kier molecular flexibility index (Phi) is 9.08. The van der Waals surface area contributed by atoms with E-state index in [9.17, 15) is 4.79 Å². The molecule has 0 radical (unpaired) electrons. The van der Waals surface area contributed by atoms with Crippen LogP contribution in [0.3, 0.4) is 0 Å². The monoisotopic (exact) mass is 446 g/mol. The minimum absolute atomic E-state index is 0.0334. The molecule has 0 N–H and O–H groups in total. The largest absolute Gasteiger partial charge is 0.496 e. The summed E-state index contributed by atoms with van der Waals surface area (Å²) in [6.45, 7) is 21.4. The molecule has 0 spiro atoms. The second-order valence-corrected chi connectivity index (χ2v) is 15.4. The van der Waals surface area contributed by atoms with Crippen LogP contribution in [0.2, 0.25) is 16.6 Å². The van der Waals surface area contributed by atoms with Crippen LogP contribution in [0.4, 0.5) is 0 Å². The first kappa shape index (κ1) is 23.9. The fourth-order valence-electron chi connectivity index (χ4n) is 4.40. The van der Waals surface area contributed by atoms with Gasteiger partial charge in [-0.3, -0.25) is 4.79 Å². The molecule has 0 amide bonds. The summed E-state index contributed by atoms with van der Waals surface area (Å²) in [4.78, 5) is 12.7. The van der Waals surface area contributed by atoms with Crippen molar-refractivity contribution in [2.24, 2.45) is 17.8 Å². The lowest BCUT2D eigenvalue weighted by Crippen LogP contribution is -2.49. The molecule has 0 bridgehead atoms. The highest BCUT2D eigenvalue weighted by Gasteiger charge is 2.46. The maximum atomic E-state index is 12.7. The highest BCUT2D eigenvalue weighted by atomic mass is 79.9. The minimum atomic E-state index is -1.92. The summed E-state index contributed by atoms with van der Waals surface area (Å²) < 4.78 is 13.3. The summed E-state index contributed by atoms with van der Waals surface area (Å²) in [7, 11) is -1.92. The van der Waals surface area contributed by atoms with Crippen molar-refractivity contribution < 1.29 is 14.0 Å². The first-order chi connectivity index (χ1) is 11.9. The van der Waals surface area contributed by atoms with Crippen LogP contribution in [0.25, 0.3) is 0 Å². The lowest BCUT2D eigenvalue weighted by atomic mass is 9.83. The summed E-state index contributed by atoms with van der Waals surface area (Å²) in [5.41, 5.74) is 1.66. The smallest absolute Gasteiger partial charge is 0.200 e. The van der Waals surface area contributed by atoms with Gasteiger partial charge in [-0.15, -0.1) is 0 Å². The molecule has 1 rings (SSSR count). The zero-order valence-electron chi connectivity index (χ0n) is 18.2. The molecular formula is C21H39BrO3Si. The Balaban J connectivity index is 2.96. The molecule has 1 aliphatic rings. The van der Waals surface area contributed by atoms with Crippen LogP contribution in [0, 0.1) is 17.8 Å². The fraction of sp³-hybridized carbons (Fsp3) is 0.857. The molecule has 1 aliphatic carbocycles. The standard InChI is InChI=1S/C21H39BrO3Si/c1-13(2)11-24-19-10-18(17(9)21(23)20(19)22)12-25-26(14(3)4,15(5)6)16(7)8/h13-18H,10-12H2,1-9H3/t17-,18-/m0/s1. The predicted molar refractivity (Wildman–Crippen MR) is 116 cm³/mol. The number of allylic oxidation sites excluding steroid dienone is 2. The van der Waals surface area contributed by atoms with E-state index >= 15 is 0 Å². The normalized spacial score (nSPS) is 22.3. The molecule has 0 fully saturated rings. The molecule has 0 aromatic heterocycles. The van der Waals surface area contributed by atoms with Gasteiger partial charge in [-0.2, -0.15) is 0 Å². The first-order valence-corrected chi connectivity index (χ1v) is 13.1. The lowest BCUT2D eigenvalue weighted by molar-refractivity contribution is -0.121. The average molecular weight is 448 g/mol. The molecule has 2 atom stereocenters. The van der Waals surface area contributed by atoms with Crippen LogP contribution in [0.5, 0.6) is 0 Å². The van der Waals surface area contributed by atoms with Gasteiger partial charge in [-0.25, -0.2) is 0 Å². The number of ether oxygens (including phenoxy) is 1. The van der Waals surface area contributed by atoms with Crippen molar-refractivity contribution in [3.8, 4) is 0 Å². The highest BCUT2D eigenvalue weighted by Crippen LogP contribution is 2.44. The van der Waals surface area contributed by atoms with Crippen molar-refractivity contribution in [1.29, 1.82) is 0 Å². The van der Waals surface area contributed by atoms with Gasteiger partial charge in [-0.05, 0) is 44.4 Å². The Labute approximate surface area is 170 Å². The van der Waals surface area contributed by atoms with Crippen molar-refractivity contribution in [3.63, 3.8) is 0 Å². The average Bonchev–Trinajstić information content (AvgIpc) is 2.52. The van der Waals surface area contributed by atoms with E-state index in [4.69, 9.17) is 9.16 Å². The Hall–Kier alpha value is -0.133. The van der Waals surface area contributed by atoms with Crippen LogP contribution in [0.15, 0.2) is 10.2 Å². The van der Waals surface area contributed by atoms with Gasteiger partial charge >= 0.3 is 0 Å². The second kappa shape index (κ2) is 9.88. The van der Waals surface area contributed by atoms with E-state index in [-0.39, 0.29) is 17.6 Å². The Morgan fingerprint density at radius 2 is 1.54 bits per heavy atom.